The highest BCUT2D eigenvalue weighted by Gasteiger charge is 2.55. The summed E-state index contributed by atoms with van der Waals surface area (Å²) in [6.45, 7) is 0.984. The van der Waals surface area contributed by atoms with Gasteiger partial charge in [0.05, 0.1) is 17.0 Å². The fraction of sp³-hybridized carbons (Fsp3) is 0.219. The molecule has 0 bridgehead atoms. The van der Waals surface area contributed by atoms with Gasteiger partial charge in [-0.25, -0.2) is 0 Å². The zero-order valence-corrected chi connectivity index (χ0v) is 21.6. The molecule has 0 aliphatic carbocycles. The van der Waals surface area contributed by atoms with Crippen LogP contribution < -0.4 is 4.90 Å². The Morgan fingerprint density at radius 2 is 1.39 bits per heavy atom. The molecule has 0 saturated carbocycles. The molecule has 4 heterocycles. The zero-order valence-electron chi connectivity index (χ0n) is 21.6. The molecule has 3 aliphatic heterocycles. The van der Waals surface area contributed by atoms with Gasteiger partial charge in [0.15, 0.2) is 5.70 Å². The maximum Gasteiger partial charge on any atom is 0.738 e. The first-order chi connectivity index (χ1) is 18.4. The maximum absolute atomic E-state index is 16.6. The number of aromatic nitrogens is 1. The largest absolute Gasteiger partial charge is 0.738 e. The van der Waals surface area contributed by atoms with Crippen LogP contribution in [0.5, 0.6) is 0 Å². The van der Waals surface area contributed by atoms with Crippen molar-refractivity contribution in [3.8, 4) is 23.7 Å². The Balaban J connectivity index is 1.50. The number of piperidine rings is 1. The minimum atomic E-state index is -4.15. The molecule has 0 unspecified atom stereocenters. The SMILES string of the molecule is CC1=C(C#Cc2ccccc2)C(C)=[N+]2C1=Cc1cc(C#Cc3ccccc3)c(N3CCCCC3)n1[B-]2(F)F. The van der Waals surface area contributed by atoms with E-state index in [1.165, 1.54) is 8.96 Å². The van der Waals surface area contributed by atoms with Crippen LogP contribution in [-0.4, -0.2) is 34.7 Å². The fourth-order valence-electron chi connectivity index (χ4n) is 5.71. The third-order valence-electron chi connectivity index (χ3n) is 7.56. The average molecular weight is 503 g/mol. The first-order valence-electron chi connectivity index (χ1n) is 13.2. The lowest BCUT2D eigenvalue weighted by atomic mass is 9.90. The molecular weight excluding hydrogens is 475 g/mol. The van der Waals surface area contributed by atoms with Crippen LogP contribution in [0.4, 0.5) is 14.4 Å². The molecule has 2 aromatic carbocycles. The number of rotatable bonds is 1. The number of allylic oxidation sites excluding steroid dienone is 2. The van der Waals surface area contributed by atoms with E-state index in [-0.39, 0.29) is 0 Å². The van der Waals surface area contributed by atoms with Crippen LogP contribution in [0.3, 0.4) is 0 Å². The summed E-state index contributed by atoms with van der Waals surface area (Å²) in [5.74, 6) is 13.3. The molecule has 38 heavy (non-hydrogen) atoms. The van der Waals surface area contributed by atoms with E-state index in [0.29, 0.717) is 34.1 Å². The van der Waals surface area contributed by atoms with E-state index in [2.05, 4.69) is 28.6 Å². The summed E-state index contributed by atoms with van der Waals surface area (Å²) in [5.41, 5.74) is 5.30. The van der Waals surface area contributed by atoms with Gasteiger partial charge in [0.25, 0.3) is 0 Å². The summed E-state index contributed by atoms with van der Waals surface area (Å²) >= 11 is 0. The third kappa shape index (κ3) is 4.07. The van der Waals surface area contributed by atoms with Gasteiger partial charge in [-0.05, 0) is 56.5 Å². The monoisotopic (exact) mass is 503 g/mol. The van der Waals surface area contributed by atoms with Crippen LogP contribution in [0.25, 0.3) is 6.08 Å². The maximum atomic E-state index is 16.6. The summed E-state index contributed by atoms with van der Waals surface area (Å²) in [5, 5.41) is 0. The van der Waals surface area contributed by atoms with E-state index in [4.69, 9.17) is 0 Å². The number of halogens is 2. The van der Waals surface area contributed by atoms with Gasteiger partial charge in [-0.3, -0.25) is 0 Å². The molecule has 3 aromatic rings. The lowest BCUT2D eigenvalue weighted by Gasteiger charge is -2.36. The molecule has 1 saturated heterocycles. The predicted octanol–water partition coefficient (Wildman–Crippen LogP) is 6.31. The third-order valence-corrected chi connectivity index (χ3v) is 7.56. The average Bonchev–Trinajstić information content (AvgIpc) is 3.43. The molecule has 0 spiro atoms. The van der Waals surface area contributed by atoms with Crippen molar-refractivity contribution in [1.82, 2.24) is 4.48 Å². The molecule has 0 amide bonds. The summed E-state index contributed by atoms with van der Waals surface area (Å²) in [6, 6.07) is 21.1. The highest BCUT2D eigenvalue weighted by molar-refractivity contribution is 6.58. The van der Waals surface area contributed by atoms with Crippen LogP contribution >= 0.6 is 0 Å². The van der Waals surface area contributed by atoms with Crippen LogP contribution in [0.2, 0.25) is 0 Å². The number of hydrogen-bond donors (Lipinski definition) is 0. The van der Waals surface area contributed by atoms with Gasteiger partial charge in [0.2, 0.25) is 0 Å². The summed E-state index contributed by atoms with van der Waals surface area (Å²) in [7, 11) is 0. The lowest BCUT2D eigenvalue weighted by molar-refractivity contribution is -0.362. The van der Waals surface area contributed by atoms with E-state index in [9.17, 15) is 0 Å². The Labute approximate surface area is 222 Å². The van der Waals surface area contributed by atoms with E-state index in [0.717, 1.165) is 49.1 Å². The predicted molar refractivity (Wildman–Crippen MR) is 151 cm³/mol. The molecule has 3 aliphatic rings. The summed E-state index contributed by atoms with van der Waals surface area (Å²) < 4.78 is 35.7. The lowest BCUT2D eigenvalue weighted by Crippen LogP contribution is -2.51. The standard InChI is InChI=1S/C32H28BF2N3/c1-24-30(19-17-27-14-8-4-9-15-27)25(2)37-31(24)23-29-22-28(18-16-26-12-6-3-7-13-26)32(38(29)33(37,34)35)36-20-10-5-11-21-36/h3-4,6-9,12-15,22-23H,5,10-11,20-21H2,1-2H3. The Bertz CT molecular complexity index is 1630. The van der Waals surface area contributed by atoms with Crippen molar-refractivity contribution in [1.29, 1.82) is 0 Å². The van der Waals surface area contributed by atoms with Crippen molar-refractivity contribution in [2.24, 2.45) is 0 Å². The molecule has 6 heteroatoms. The second-order valence-electron chi connectivity index (χ2n) is 10.0. The second-order valence-corrected chi connectivity index (χ2v) is 10.0. The molecular formula is C32H28BF2N3. The summed E-state index contributed by atoms with van der Waals surface area (Å²) in [4.78, 5) is 2.10. The number of hydrogen-bond acceptors (Lipinski definition) is 1. The Morgan fingerprint density at radius 1 is 0.789 bits per heavy atom. The van der Waals surface area contributed by atoms with Crippen molar-refractivity contribution >= 4 is 24.6 Å². The van der Waals surface area contributed by atoms with E-state index in [1.807, 2.05) is 79.7 Å². The highest BCUT2D eigenvalue weighted by Crippen LogP contribution is 2.41. The zero-order chi connectivity index (χ0) is 26.3. The molecule has 1 fully saturated rings. The van der Waals surface area contributed by atoms with Crippen LogP contribution in [0.1, 0.15) is 55.5 Å². The Morgan fingerprint density at radius 3 is 2.03 bits per heavy atom. The quantitative estimate of drug-likeness (QED) is 0.280. The van der Waals surface area contributed by atoms with Gasteiger partial charge in [-0.2, -0.15) is 0 Å². The topological polar surface area (TPSA) is 11.2 Å². The first kappa shape index (κ1) is 24.1. The smallest absolute Gasteiger partial charge is 0.389 e. The number of nitrogens with zero attached hydrogens (tertiary/aromatic N) is 3. The van der Waals surface area contributed by atoms with E-state index >= 15 is 8.63 Å². The van der Waals surface area contributed by atoms with Gasteiger partial charge in [-0.15, -0.1) is 0 Å². The molecule has 0 N–H and O–H groups in total. The van der Waals surface area contributed by atoms with Gasteiger partial charge < -0.3 is 22.5 Å². The van der Waals surface area contributed by atoms with Gasteiger partial charge in [-0.1, -0.05) is 60.1 Å². The molecule has 0 radical (unpaired) electrons. The number of fused-ring (bicyclic) bond motifs is 2. The van der Waals surface area contributed by atoms with Crippen LogP contribution in [0.15, 0.2) is 83.6 Å². The number of benzene rings is 2. The Hall–Kier alpha value is -4.29. The Kier molecular flexibility index (Phi) is 6.05. The van der Waals surface area contributed by atoms with Crippen molar-refractivity contribution < 1.29 is 13.1 Å². The fourth-order valence-corrected chi connectivity index (χ4v) is 5.71. The van der Waals surface area contributed by atoms with Crippen molar-refractivity contribution in [2.45, 2.75) is 33.1 Å². The summed E-state index contributed by atoms with van der Waals surface area (Å²) in [6.07, 6.45) is 4.96. The van der Waals surface area contributed by atoms with Crippen LogP contribution in [0, 0.1) is 23.7 Å². The van der Waals surface area contributed by atoms with Crippen molar-refractivity contribution in [2.75, 3.05) is 18.0 Å². The number of anilines is 1. The molecule has 188 valence electrons. The molecule has 0 atom stereocenters. The molecule has 6 rings (SSSR count). The minimum absolute atomic E-state index is 0.489. The molecule has 1 aromatic heterocycles. The molecule has 3 nitrogen and oxygen atoms in total. The van der Waals surface area contributed by atoms with E-state index in [1.54, 1.807) is 6.92 Å². The first-order valence-corrected chi connectivity index (χ1v) is 13.2. The van der Waals surface area contributed by atoms with Crippen LogP contribution in [-0.2, 0) is 0 Å². The van der Waals surface area contributed by atoms with Crippen molar-refractivity contribution in [3.63, 3.8) is 0 Å². The van der Waals surface area contributed by atoms with Gasteiger partial charge in [0.1, 0.15) is 5.71 Å². The van der Waals surface area contributed by atoms with Crippen molar-refractivity contribution in [3.05, 3.63) is 106 Å². The second kappa shape index (κ2) is 9.55. The highest BCUT2D eigenvalue weighted by atomic mass is 19.2. The normalized spacial score (nSPS) is 17.7. The van der Waals surface area contributed by atoms with Gasteiger partial charge in [0, 0.05) is 48.5 Å². The minimum Gasteiger partial charge on any atom is -0.389 e. The van der Waals surface area contributed by atoms with Gasteiger partial charge >= 0.3 is 6.97 Å². The van der Waals surface area contributed by atoms with E-state index < -0.39 is 6.97 Å².